The minimum absolute atomic E-state index is 0. The van der Waals surface area contributed by atoms with Gasteiger partial charge in [-0.15, -0.1) is 24.0 Å². The van der Waals surface area contributed by atoms with Crippen LogP contribution in [-0.2, 0) is 4.74 Å². The van der Waals surface area contributed by atoms with Crippen LogP contribution in [0.4, 0.5) is 0 Å². The Kier molecular flexibility index (Phi) is 5.73. The Morgan fingerprint density at radius 2 is 1.88 bits per heavy atom. The van der Waals surface area contributed by atoms with Crippen molar-refractivity contribution < 1.29 is 4.74 Å². The van der Waals surface area contributed by atoms with Crippen LogP contribution < -0.4 is 10.6 Å². The highest BCUT2D eigenvalue weighted by molar-refractivity contribution is 14.0. The summed E-state index contributed by atoms with van der Waals surface area (Å²) in [5.41, 5.74) is 0.423. The Labute approximate surface area is 175 Å². The fourth-order valence-electron chi connectivity index (χ4n) is 5.94. The van der Waals surface area contributed by atoms with E-state index in [9.17, 15) is 0 Å². The van der Waals surface area contributed by atoms with Crippen LogP contribution >= 0.6 is 24.0 Å². The summed E-state index contributed by atoms with van der Waals surface area (Å²) in [5, 5.41) is 7.63. The molecule has 2 aliphatic heterocycles. The molecule has 1 spiro atoms. The second-order valence-electron chi connectivity index (χ2n) is 8.96. The Balaban J connectivity index is 0.00000168. The first-order valence-electron chi connectivity index (χ1n) is 10.7. The van der Waals surface area contributed by atoms with E-state index in [4.69, 9.17) is 9.73 Å². The third-order valence-electron chi connectivity index (χ3n) is 7.58. The van der Waals surface area contributed by atoms with Gasteiger partial charge in [0.25, 0.3) is 0 Å². The molecule has 2 heterocycles. The lowest BCUT2D eigenvalue weighted by molar-refractivity contribution is -0.171. The molecule has 3 unspecified atom stereocenters. The van der Waals surface area contributed by atoms with Crippen molar-refractivity contribution in [2.24, 2.45) is 16.3 Å². The molecule has 5 aliphatic rings. The SMILES string of the molecule is CCN=C(NC1CCN(C2CC2)CC1)NC1C2CCOC2C12CCC2.I. The van der Waals surface area contributed by atoms with Crippen LogP contribution in [0.25, 0.3) is 0 Å². The maximum absolute atomic E-state index is 6.07. The standard InChI is InChI=1S/C20H34N4O.HI/c1-2-21-19(22-14-6-11-24(12-7-14)15-4-5-15)23-17-16-8-13-25-18(16)20(17)9-3-10-20;/h14-18H,2-13H2,1H3,(H2,21,22,23);1H. The number of guanidine groups is 1. The van der Waals surface area contributed by atoms with Crippen LogP contribution in [0.3, 0.4) is 0 Å². The second kappa shape index (κ2) is 7.74. The van der Waals surface area contributed by atoms with Gasteiger partial charge < -0.3 is 20.3 Å². The monoisotopic (exact) mass is 474 g/mol. The third-order valence-corrected chi connectivity index (χ3v) is 7.58. The molecular formula is C20H35IN4O. The predicted molar refractivity (Wildman–Crippen MR) is 115 cm³/mol. The van der Waals surface area contributed by atoms with Crippen molar-refractivity contribution in [2.45, 2.75) is 82.5 Å². The summed E-state index contributed by atoms with van der Waals surface area (Å²) in [6, 6.07) is 2.08. The van der Waals surface area contributed by atoms with Crippen molar-refractivity contribution in [3.63, 3.8) is 0 Å². The van der Waals surface area contributed by atoms with Gasteiger partial charge in [-0.3, -0.25) is 4.99 Å². The fourth-order valence-corrected chi connectivity index (χ4v) is 5.94. The van der Waals surface area contributed by atoms with Crippen molar-refractivity contribution >= 4 is 29.9 Å². The van der Waals surface area contributed by atoms with Gasteiger partial charge in [0.05, 0.1) is 6.10 Å². The van der Waals surface area contributed by atoms with Gasteiger partial charge in [-0.2, -0.15) is 0 Å². The zero-order valence-corrected chi connectivity index (χ0v) is 18.4. The molecule has 0 radical (unpaired) electrons. The van der Waals surface area contributed by atoms with Crippen molar-refractivity contribution in [1.82, 2.24) is 15.5 Å². The normalized spacial score (nSPS) is 36.7. The Hall–Kier alpha value is -0.0800. The molecule has 2 N–H and O–H groups in total. The second-order valence-corrected chi connectivity index (χ2v) is 8.96. The van der Waals surface area contributed by atoms with Gasteiger partial charge in [-0.25, -0.2) is 0 Å². The van der Waals surface area contributed by atoms with E-state index in [1.165, 1.54) is 64.5 Å². The molecule has 6 heteroatoms. The molecule has 0 aromatic rings. The number of likely N-dealkylation sites (tertiary alicyclic amines) is 1. The molecule has 5 fully saturated rings. The van der Waals surface area contributed by atoms with Gasteiger partial charge in [-0.05, 0) is 51.9 Å². The number of halogens is 1. The lowest BCUT2D eigenvalue weighted by atomic mass is 9.46. The van der Waals surface area contributed by atoms with Crippen LogP contribution in [-0.4, -0.2) is 61.3 Å². The summed E-state index contributed by atoms with van der Waals surface area (Å²) in [6.07, 6.45) is 11.2. The van der Waals surface area contributed by atoms with Crippen molar-refractivity contribution in [2.75, 3.05) is 26.2 Å². The van der Waals surface area contributed by atoms with E-state index in [1.54, 1.807) is 0 Å². The van der Waals surface area contributed by atoms with E-state index in [-0.39, 0.29) is 24.0 Å². The lowest BCUT2D eigenvalue weighted by Crippen LogP contribution is -2.72. The topological polar surface area (TPSA) is 48.9 Å². The molecule has 0 bridgehead atoms. The molecule has 5 nitrogen and oxygen atoms in total. The number of ether oxygens (including phenoxy) is 1. The summed E-state index contributed by atoms with van der Waals surface area (Å²) in [7, 11) is 0. The number of nitrogens with zero attached hydrogens (tertiary/aromatic N) is 2. The van der Waals surface area contributed by atoms with Crippen LogP contribution in [0, 0.1) is 11.3 Å². The maximum atomic E-state index is 6.07. The lowest BCUT2D eigenvalue weighted by Gasteiger charge is -2.63. The summed E-state index contributed by atoms with van der Waals surface area (Å²) < 4.78 is 6.07. The van der Waals surface area contributed by atoms with Gasteiger partial charge in [-0.1, -0.05) is 6.42 Å². The minimum atomic E-state index is 0. The van der Waals surface area contributed by atoms with E-state index >= 15 is 0 Å². The smallest absolute Gasteiger partial charge is 0.191 e. The minimum Gasteiger partial charge on any atom is -0.377 e. The Morgan fingerprint density at radius 3 is 2.50 bits per heavy atom. The first-order valence-corrected chi connectivity index (χ1v) is 10.7. The van der Waals surface area contributed by atoms with Gasteiger partial charge in [0.15, 0.2) is 5.96 Å². The summed E-state index contributed by atoms with van der Waals surface area (Å²) in [6.45, 7) is 6.46. The van der Waals surface area contributed by atoms with E-state index in [1.807, 2.05) is 0 Å². The van der Waals surface area contributed by atoms with E-state index in [0.29, 0.717) is 29.5 Å². The molecule has 3 atom stereocenters. The first-order chi connectivity index (χ1) is 12.3. The average Bonchev–Trinajstić information content (AvgIpc) is 3.33. The van der Waals surface area contributed by atoms with Gasteiger partial charge in [0.1, 0.15) is 0 Å². The highest BCUT2D eigenvalue weighted by atomic mass is 127. The first kappa shape index (κ1) is 19.2. The molecule has 2 saturated heterocycles. The zero-order chi connectivity index (χ0) is 16.9. The fraction of sp³-hybridized carbons (Fsp3) is 0.950. The third kappa shape index (κ3) is 3.28. The van der Waals surface area contributed by atoms with E-state index in [2.05, 4.69) is 22.5 Å². The summed E-state index contributed by atoms with van der Waals surface area (Å²) >= 11 is 0. The molecule has 0 aromatic carbocycles. The number of nitrogens with one attached hydrogen (secondary N) is 2. The number of hydrogen-bond acceptors (Lipinski definition) is 3. The number of rotatable bonds is 4. The van der Waals surface area contributed by atoms with E-state index < -0.39 is 0 Å². The maximum Gasteiger partial charge on any atom is 0.191 e. The van der Waals surface area contributed by atoms with E-state index in [0.717, 1.165) is 25.2 Å². The zero-order valence-electron chi connectivity index (χ0n) is 16.1. The molecule has 3 aliphatic carbocycles. The van der Waals surface area contributed by atoms with Gasteiger partial charge in [0, 0.05) is 55.7 Å². The van der Waals surface area contributed by atoms with Crippen LogP contribution in [0.15, 0.2) is 4.99 Å². The molecule has 0 aromatic heterocycles. The van der Waals surface area contributed by atoms with Crippen molar-refractivity contribution in [3.8, 4) is 0 Å². The molecule has 0 amide bonds. The van der Waals surface area contributed by atoms with Crippen LogP contribution in [0.1, 0.15) is 58.3 Å². The molecule has 3 saturated carbocycles. The summed E-state index contributed by atoms with van der Waals surface area (Å²) in [5.74, 6) is 1.77. The van der Waals surface area contributed by atoms with Gasteiger partial charge in [0.2, 0.25) is 0 Å². The van der Waals surface area contributed by atoms with Crippen molar-refractivity contribution in [3.05, 3.63) is 0 Å². The number of fused-ring (bicyclic) bond motifs is 2. The van der Waals surface area contributed by atoms with Crippen molar-refractivity contribution in [1.29, 1.82) is 0 Å². The molecule has 26 heavy (non-hydrogen) atoms. The quantitative estimate of drug-likeness (QED) is 0.374. The Bertz CT molecular complexity index is 526. The summed E-state index contributed by atoms with van der Waals surface area (Å²) in [4.78, 5) is 7.48. The Morgan fingerprint density at radius 1 is 1.12 bits per heavy atom. The van der Waals surface area contributed by atoms with Crippen LogP contribution in [0.5, 0.6) is 0 Å². The number of hydrogen-bond donors (Lipinski definition) is 2. The molecular weight excluding hydrogens is 439 g/mol. The van der Waals surface area contributed by atoms with Crippen LogP contribution in [0.2, 0.25) is 0 Å². The number of aliphatic imine (C=N–C) groups is 1. The highest BCUT2D eigenvalue weighted by Crippen LogP contribution is 2.62. The molecule has 5 rings (SSSR count). The van der Waals surface area contributed by atoms with Gasteiger partial charge >= 0.3 is 0 Å². The predicted octanol–water partition coefficient (Wildman–Crippen LogP) is 2.74. The number of piperidine rings is 1. The average molecular weight is 474 g/mol. The highest BCUT2D eigenvalue weighted by Gasteiger charge is 2.66. The largest absolute Gasteiger partial charge is 0.377 e. The molecule has 148 valence electrons.